The highest BCUT2D eigenvalue weighted by Crippen LogP contribution is 2.33. The topological polar surface area (TPSA) is 70.5 Å². The molecule has 1 fully saturated rings. The Bertz CT molecular complexity index is 1020. The van der Waals surface area contributed by atoms with Crippen molar-refractivity contribution in [2.75, 3.05) is 13.1 Å². The van der Waals surface area contributed by atoms with E-state index in [2.05, 4.69) is 29.1 Å². The number of aromatic amines is 1. The molecule has 0 bridgehead atoms. The molecule has 1 saturated heterocycles. The second kappa shape index (κ2) is 6.12. The van der Waals surface area contributed by atoms with Crippen molar-refractivity contribution < 1.29 is 4.79 Å². The quantitative estimate of drug-likeness (QED) is 0.772. The Morgan fingerprint density at radius 1 is 1.27 bits per heavy atom. The predicted molar refractivity (Wildman–Crippen MR) is 99.5 cm³/mol. The summed E-state index contributed by atoms with van der Waals surface area (Å²) in [5.74, 6) is -0.244. The largest absolute Gasteiger partial charge is 0.338 e. The van der Waals surface area contributed by atoms with Crippen LogP contribution in [0.25, 0.3) is 5.65 Å². The molecule has 1 N–H and O–H groups in total. The second-order valence-corrected chi connectivity index (χ2v) is 7.37. The number of aromatic nitrogens is 3. The summed E-state index contributed by atoms with van der Waals surface area (Å²) in [6.45, 7) is 5.30. The van der Waals surface area contributed by atoms with Gasteiger partial charge >= 0.3 is 0 Å². The van der Waals surface area contributed by atoms with Gasteiger partial charge in [0.05, 0.1) is 0 Å². The van der Waals surface area contributed by atoms with E-state index in [0.717, 1.165) is 18.5 Å². The number of piperidine rings is 1. The first-order valence-electron chi connectivity index (χ1n) is 8.90. The summed E-state index contributed by atoms with van der Waals surface area (Å²) < 4.78 is 1.34. The second-order valence-electron chi connectivity index (χ2n) is 7.37. The maximum absolute atomic E-state index is 13.0. The van der Waals surface area contributed by atoms with E-state index in [1.165, 1.54) is 16.3 Å². The Hall–Kier alpha value is -2.89. The molecule has 0 radical (unpaired) electrons. The zero-order chi connectivity index (χ0) is 18.3. The number of rotatable bonds is 2. The Morgan fingerprint density at radius 3 is 2.81 bits per heavy atom. The molecule has 1 aromatic carbocycles. The van der Waals surface area contributed by atoms with E-state index in [0.29, 0.717) is 18.7 Å². The number of likely N-dealkylation sites (tertiary alicyclic amines) is 1. The molecule has 0 aliphatic carbocycles. The van der Waals surface area contributed by atoms with Crippen LogP contribution in [0.1, 0.15) is 41.4 Å². The molecule has 3 heterocycles. The van der Waals surface area contributed by atoms with Gasteiger partial charge in [0.15, 0.2) is 5.65 Å². The number of nitrogens with zero attached hydrogens (tertiary/aromatic N) is 3. The molecule has 0 spiro atoms. The maximum atomic E-state index is 13.0. The zero-order valence-corrected chi connectivity index (χ0v) is 15.0. The van der Waals surface area contributed by atoms with E-state index in [1.807, 2.05) is 25.1 Å². The lowest BCUT2D eigenvalue weighted by Gasteiger charge is -2.40. The fourth-order valence-corrected chi connectivity index (χ4v) is 3.89. The van der Waals surface area contributed by atoms with Gasteiger partial charge in [-0.3, -0.25) is 14.7 Å². The van der Waals surface area contributed by atoms with Crippen molar-refractivity contribution in [1.82, 2.24) is 19.5 Å². The summed E-state index contributed by atoms with van der Waals surface area (Å²) in [7, 11) is 0. The number of benzene rings is 1. The first kappa shape index (κ1) is 16.6. The highest BCUT2D eigenvalue weighted by molar-refractivity contribution is 5.94. The molecule has 6 heteroatoms. The van der Waals surface area contributed by atoms with Gasteiger partial charge in [0, 0.05) is 36.5 Å². The van der Waals surface area contributed by atoms with Gasteiger partial charge in [-0.2, -0.15) is 0 Å². The predicted octanol–water partition coefficient (Wildman–Crippen LogP) is 2.52. The van der Waals surface area contributed by atoms with E-state index >= 15 is 0 Å². The Morgan fingerprint density at radius 2 is 2.04 bits per heavy atom. The van der Waals surface area contributed by atoms with Gasteiger partial charge in [-0.25, -0.2) is 9.50 Å². The van der Waals surface area contributed by atoms with Crippen LogP contribution in [0, 0.1) is 6.92 Å². The normalized spacial score (nSPS) is 20.5. The number of H-pyrrole nitrogens is 1. The molecule has 2 aromatic heterocycles. The number of carbonyl (C=O) groups is 1. The van der Waals surface area contributed by atoms with Crippen molar-refractivity contribution in [3.63, 3.8) is 0 Å². The molecule has 0 unspecified atom stereocenters. The third-order valence-corrected chi connectivity index (χ3v) is 5.31. The van der Waals surface area contributed by atoms with Gasteiger partial charge in [0.1, 0.15) is 5.56 Å². The van der Waals surface area contributed by atoms with E-state index in [4.69, 9.17) is 0 Å². The smallest absolute Gasteiger partial charge is 0.285 e. The standard InChI is InChI=1S/C20H22N4O2/c1-14-11-17-21-12-16(19(26)24(17)22-14)18(25)23-10-6-9-20(2,13-23)15-7-4-3-5-8-15/h3-5,7-8,11-12,22H,6,9-10,13H2,1-2H3/t20-/m0/s1. The van der Waals surface area contributed by atoms with Crippen molar-refractivity contribution in [2.45, 2.75) is 32.1 Å². The van der Waals surface area contributed by atoms with Crippen LogP contribution in [0.15, 0.2) is 47.4 Å². The molecule has 1 atom stereocenters. The maximum Gasteiger partial charge on any atom is 0.285 e. The lowest BCUT2D eigenvalue weighted by molar-refractivity contribution is 0.0648. The Labute approximate surface area is 151 Å². The molecular weight excluding hydrogens is 328 g/mol. The Kier molecular flexibility index (Phi) is 3.90. The van der Waals surface area contributed by atoms with Crippen molar-refractivity contribution in [2.24, 2.45) is 0 Å². The van der Waals surface area contributed by atoms with Gasteiger partial charge in [-0.05, 0) is 25.3 Å². The Balaban J connectivity index is 1.66. The molecular formula is C20H22N4O2. The van der Waals surface area contributed by atoms with Crippen molar-refractivity contribution >= 4 is 11.6 Å². The molecule has 6 nitrogen and oxygen atoms in total. The highest BCUT2D eigenvalue weighted by atomic mass is 16.2. The average molecular weight is 350 g/mol. The van der Waals surface area contributed by atoms with Crippen LogP contribution in [-0.2, 0) is 5.41 Å². The van der Waals surface area contributed by atoms with Crippen LogP contribution in [0.4, 0.5) is 0 Å². The molecule has 1 aliphatic rings. The summed E-state index contributed by atoms with van der Waals surface area (Å²) >= 11 is 0. The number of fused-ring (bicyclic) bond motifs is 1. The fraction of sp³-hybridized carbons (Fsp3) is 0.350. The van der Waals surface area contributed by atoms with E-state index in [1.54, 1.807) is 11.0 Å². The number of carbonyl (C=O) groups excluding carboxylic acids is 1. The lowest BCUT2D eigenvalue weighted by Crippen LogP contribution is -2.48. The number of amides is 1. The van der Waals surface area contributed by atoms with Crippen LogP contribution < -0.4 is 5.56 Å². The SMILES string of the molecule is Cc1cc2ncc(C(=O)N3CCC[C@](C)(c4ccccc4)C3)c(=O)n2[nH]1. The molecule has 3 aromatic rings. The third-order valence-electron chi connectivity index (χ3n) is 5.31. The number of hydrogen-bond donors (Lipinski definition) is 1. The molecule has 1 amide bonds. The van der Waals surface area contributed by atoms with Gasteiger partial charge in [-0.15, -0.1) is 0 Å². The number of aryl methyl sites for hydroxylation is 1. The number of hydrogen-bond acceptors (Lipinski definition) is 3. The monoisotopic (exact) mass is 350 g/mol. The minimum Gasteiger partial charge on any atom is -0.338 e. The molecule has 134 valence electrons. The van der Waals surface area contributed by atoms with Crippen LogP contribution in [0.3, 0.4) is 0 Å². The van der Waals surface area contributed by atoms with Gasteiger partial charge < -0.3 is 4.90 Å². The summed E-state index contributed by atoms with van der Waals surface area (Å²) in [5.41, 5.74) is 2.24. The van der Waals surface area contributed by atoms with Crippen molar-refractivity contribution in [3.8, 4) is 0 Å². The lowest BCUT2D eigenvalue weighted by atomic mass is 9.76. The summed E-state index contributed by atoms with van der Waals surface area (Å²) in [5, 5.41) is 2.94. The van der Waals surface area contributed by atoms with Crippen LogP contribution in [0.5, 0.6) is 0 Å². The van der Waals surface area contributed by atoms with E-state index < -0.39 is 0 Å². The minimum atomic E-state index is -0.347. The van der Waals surface area contributed by atoms with Crippen LogP contribution in [0.2, 0.25) is 0 Å². The fourth-order valence-electron chi connectivity index (χ4n) is 3.89. The molecule has 1 aliphatic heterocycles. The van der Waals surface area contributed by atoms with E-state index in [-0.39, 0.29) is 22.4 Å². The first-order chi connectivity index (χ1) is 12.5. The van der Waals surface area contributed by atoms with E-state index in [9.17, 15) is 9.59 Å². The number of nitrogens with one attached hydrogen (secondary N) is 1. The minimum absolute atomic E-state index is 0.105. The molecule has 26 heavy (non-hydrogen) atoms. The molecule has 0 saturated carbocycles. The first-order valence-corrected chi connectivity index (χ1v) is 8.90. The van der Waals surface area contributed by atoms with Gasteiger partial charge in [0.25, 0.3) is 11.5 Å². The van der Waals surface area contributed by atoms with Crippen molar-refractivity contribution in [3.05, 3.63) is 69.8 Å². The van der Waals surface area contributed by atoms with Gasteiger partial charge in [-0.1, -0.05) is 37.3 Å². The van der Waals surface area contributed by atoms with Crippen LogP contribution >= 0.6 is 0 Å². The zero-order valence-electron chi connectivity index (χ0n) is 15.0. The third kappa shape index (κ3) is 2.71. The average Bonchev–Trinajstić information content (AvgIpc) is 3.04. The van der Waals surface area contributed by atoms with Gasteiger partial charge in [0.2, 0.25) is 0 Å². The molecule has 4 rings (SSSR count). The summed E-state index contributed by atoms with van der Waals surface area (Å²) in [6, 6.07) is 12.1. The van der Waals surface area contributed by atoms with Crippen LogP contribution in [-0.4, -0.2) is 38.5 Å². The summed E-state index contributed by atoms with van der Waals surface area (Å²) in [4.78, 5) is 31.8. The highest BCUT2D eigenvalue weighted by Gasteiger charge is 2.35. The summed E-state index contributed by atoms with van der Waals surface area (Å²) in [6.07, 6.45) is 3.34. The van der Waals surface area contributed by atoms with Crippen molar-refractivity contribution in [1.29, 1.82) is 0 Å².